The number of quaternary nitrogens is 2. The van der Waals surface area contributed by atoms with Crippen LogP contribution >= 0.6 is 0 Å². The molecule has 0 radical (unpaired) electrons. The van der Waals surface area contributed by atoms with Crippen molar-refractivity contribution in [3.05, 3.63) is 53.6 Å². The Morgan fingerprint density at radius 1 is 1.07 bits per heavy atom. The molecule has 6 nitrogen and oxygen atoms in total. The van der Waals surface area contributed by atoms with Gasteiger partial charge in [-0.25, -0.2) is 0 Å². The molecule has 1 aliphatic rings. The Morgan fingerprint density at radius 2 is 1.83 bits per heavy atom. The van der Waals surface area contributed by atoms with Gasteiger partial charge in [0, 0.05) is 17.3 Å². The minimum absolute atomic E-state index is 0.0528. The molecule has 0 aliphatic carbocycles. The third-order valence-corrected chi connectivity index (χ3v) is 5.82. The smallest absolute Gasteiger partial charge is 0.282 e. The van der Waals surface area contributed by atoms with E-state index in [9.17, 15) is 4.79 Å². The van der Waals surface area contributed by atoms with Gasteiger partial charge in [-0.15, -0.1) is 0 Å². The van der Waals surface area contributed by atoms with Gasteiger partial charge in [0.1, 0.15) is 44.2 Å². The first-order valence-corrected chi connectivity index (χ1v) is 10.3. The predicted octanol–water partition coefficient (Wildman–Crippen LogP) is 0.323. The highest BCUT2D eigenvalue weighted by Crippen LogP contribution is 2.18. The summed E-state index contributed by atoms with van der Waals surface area (Å²) in [5.41, 5.74) is 3.29. The fourth-order valence-electron chi connectivity index (χ4n) is 3.99. The number of aryl methyl sites for hydroxylation is 1. The lowest BCUT2D eigenvalue weighted by Gasteiger charge is -2.32. The summed E-state index contributed by atoms with van der Waals surface area (Å²) in [6.07, 6.45) is 0. The fraction of sp³-hybridized carbons (Fsp3) is 0.435. The van der Waals surface area contributed by atoms with Crippen LogP contribution in [-0.2, 0) is 11.3 Å². The number of rotatable bonds is 7. The average Bonchev–Trinajstić information content (AvgIpc) is 2.74. The van der Waals surface area contributed by atoms with Crippen LogP contribution in [0.25, 0.3) is 0 Å². The standard InChI is InChI=1S/C23H31N3O3/c1-17-8-9-22(29-4)19(14-17)16-25-10-12-26(13-11-25)18(2)23(27)24-20-6-5-7-21(15-20)28-3/h5-9,14-15,18H,10-13,16H2,1-4H3,(H,24,27)/p+2/t18-/m1/s1. The quantitative estimate of drug-likeness (QED) is 0.629. The van der Waals surface area contributed by atoms with E-state index in [1.807, 2.05) is 31.2 Å². The Hall–Kier alpha value is -2.57. The molecule has 2 aromatic rings. The van der Waals surface area contributed by atoms with Gasteiger partial charge in [-0.3, -0.25) is 4.79 Å². The summed E-state index contributed by atoms with van der Waals surface area (Å²) in [6.45, 7) is 9.14. The molecule has 0 saturated carbocycles. The molecule has 6 heteroatoms. The van der Waals surface area contributed by atoms with Crippen molar-refractivity contribution in [3.63, 3.8) is 0 Å². The number of ether oxygens (including phenoxy) is 2. The van der Waals surface area contributed by atoms with E-state index in [1.165, 1.54) is 20.9 Å². The first-order valence-electron chi connectivity index (χ1n) is 10.3. The number of amides is 1. The molecule has 3 rings (SSSR count). The Balaban J connectivity index is 1.53. The first kappa shape index (κ1) is 21.1. The second-order valence-electron chi connectivity index (χ2n) is 7.84. The highest BCUT2D eigenvalue weighted by molar-refractivity contribution is 5.93. The maximum Gasteiger partial charge on any atom is 0.282 e. The van der Waals surface area contributed by atoms with Crippen molar-refractivity contribution in [2.75, 3.05) is 45.7 Å². The summed E-state index contributed by atoms with van der Waals surface area (Å²) in [6, 6.07) is 13.8. The van der Waals surface area contributed by atoms with Crippen LogP contribution in [0, 0.1) is 6.92 Å². The van der Waals surface area contributed by atoms with E-state index in [0.29, 0.717) is 0 Å². The molecule has 29 heavy (non-hydrogen) atoms. The van der Waals surface area contributed by atoms with Crippen LogP contribution < -0.4 is 24.6 Å². The number of carbonyl (C=O) groups is 1. The van der Waals surface area contributed by atoms with Crippen molar-refractivity contribution in [2.24, 2.45) is 0 Å². The largest absolute Gasteiger partial charge is 0.497 e. The van der Waals surface area contributed by atoms with Gasteiger partial charge in [-0.05, 0) is 38.1 Å². The van der Waals surface area contributed by atoms with E-state index >= 15 is 0 Å². The van der Waals surface area contributed by atoms with E-state index in [1.54, 1.807) is 14.2 Å². The SMILES string of the molecule is COc1cccc(NC(=O)[C@@H](C)[NH+]2CC[NH+](Cc3cc(C)ccc3OC)CC2)c1. The van der Waals surface area contributed by atoms with Crippen LogP contribution in [0.3, 0.4) is 0 Å². The lowest BCUT2D eigenvalue weighted by atomic mass is 10.1. The van der Waals surface area contributed by atoms with Gasteiger partial charge < -0.3 is 24.6 Å². The van der Waals surface area contributed by atoms with Crippen LogP contribution in [0.2, 0.25) is 0 Å². The molecule has 3 N–H and O–H groups in total. The van der Waals surface area contributed by atoms with Gasteiger partial charge >= 0.3 is 0 Å². The monoisotopic (exact) mass is 399 g/mol. The summed E-state index contributed by atoms with van der Waals surface area (Å²) in [5, 5.41) is 3.02. The van der Waals surface area contributed by atoms with Gasteiger partial charge in [-0.1, -0.05) is 17.7 Å². The zero-order valence-electron chi connectivity index (χ0n) is 17.9. The highest BCUT2D eigenvalue weighted by atomic mass is 16.5. The molecular formula is C23H33N3O3+2. The van der Waals surface area contributed by atoms with Crippen LogP contribution in [0.1, 0.15) is 18.1 Å². The molecule has 1 atom stereocenters. The summed E-state index contributed by atoms with van der Waals surface area (Å²) in [7, 11) is 3.36. The summed E-state index contributed by atoms with van der Waals surface area (Å²) >= 11 is 0. The van der Waals surface area contributed by atoms with Crippen molar-refractivity contribution in [2.45, 2.75) is 26.4 Å². The molecule has 0 unspecified atom stereocenters. The Kier molecular flexibility index (Phi) is 7.12. The number of piperazine rings is 1. The third kappa shape index (κ3) is 5.49. The molecule has 1 fully saturated rings. The van der Waals surface area contributed by atoms with Crippen LogP contribution in [-0.4, -0.2) is 52.3 Å². The molecule has 0 aromatic heterocycles. The van der Waals surface area contributed by atoms with Gasteiger partial charge in [0.05, 0.1) is 14.2 Å². The van der Waals surface area contributed by atoms with E-state index in [2.05, 4.69) is 30.4 Å². The van der Waals surface area contributed by atoms with E-state index in [0.717, 1.165) is 49.9 Å². The molecule has 1 saturated heterocycles. The number of nitrogens with one attached hydrogen (secondary N) is 3. The number of anilines is 1. The first-order chi connectivity index (χ1) is 14.0. The van der Waals surface area contributed by atoms with Crippen molar-refractivity contribution < 1.29 is 24.1 Å². The molecule has 1 aliphatic heterocycles. The average molecular weight is 400 g/mol. The normalized spacial score (nSPS) is 20.0. The van der Waals surface area contributed by atoms with E-state index in [-0.39, 0.29) is 11.9 Å². The topological polar surface area (TPSA) is 56.4 Å². The van der Waals surface area contributed by atoms with Crippen molar-refractivity contribution in [1.82, 2.24) is 0 Å². The van der Waals surface area contributed by atoms with Crippen LogP contribution in [0.4, 0.5) is 5.69 Å². The van der Waals surface area contributed by atoms with E-state index < -0.39 is 0 Å². The Labute approximate surface area is 173 Å². The Bertz CT molecular complexity index is 832. The highest BCUT2D eigenvalue weighted by Gasteiger charge is 2.31. The lowest BCUT2D eigenvalue weighted by molar-refractivity contribution is -1.02. The Morgan fingerprint density at radius 3 is 2.52 bits per heavy atom. The van der Waals surface area contributed by atoms with Crippen LogP contribution in [0.5, 0.6) is 11.5 Å². The zero-order valence-corrected chi connectivity index (χ0v) is 17.9. The summed E-state index contributed by atoms with van der Waals surface area (Å²) in [5.74, 6) is 1.76. The number of hydrogen-bond acceptors (Lipinski definition) is 3. The zero-order chi connectivity index (χ0) is 20.8. The maximum atomic E-state index is 12.7. The number of carbonyl (C=O) groups excluding carboxylic acids is 1. The number of methoxy groups -OCH3 is 2. The second kappa shape index (κ2) is 9.76. The minimum atomic E-state index is -0.0868. The lowest BCUT2D eigenvalue weighted by Crippen LogP contribution is -3.29. The van der Waals surface area contributed by atoms with Crippen LogP contribution in [0.15, 0.2) is 42.5 Å². The molecule has 0 bridgehead atoms. The van der Waals surface area contributed by atoms with E-state index in [4.69, 9.17) is 9.47 Å². The predicted molar refractivity (Wildman–Crippen MR) is 114 cm³/mol. The molecule has 0 spiro atoms. The molecular weight excluding hydrogens is 366 g/mol. The molecule has 156 valence electrons. The van der Waals surface area contributed by atoms with Gasteiger partial charge in [-0.2, -0.15) is 0 Å². The van der Waals surface area contributed by atoms with Gasteiger partial charge in [0.2, 0.25) is 0 Å². The molecule has 1 amide bonds. The second-order valence-corrected chi connectivity index (χ2v) is 7.84. The maximum absolute atomic E-state index is 12.7. The van der Waals surface area contributed by atoms with Crippen molar-refractivity contribution >= 4 is 11.6 Å². The fourth-order valence-corrected chi connectivity index (χ4v) is 3.99. The molecule has 2 aromatic carbocycles. The summed E-state index contributed by atoms with van der Waals surface area (Å²) in [4.78, 5) is 15.6. The van der Waals surface area contributed by atoms with Gasteiger partial charge in [0.15, 0.2) is 6.04 Å². The number of benzene rings is 2. The molecule has 1 heterocycles. The minimum Gasteiger partial charge on any atom is -0.497 e. The third-order valence-electron chi connectivity index (χ3n) is 5.82. The van der Waals surface area contributed by atoms with Gasteiger partial charge in [0.25, 0.3) is 5.91 Å². The van der Waals surface area contributed by atoms with Crippen molar-refractivity contribution in [1.29, 1.82) is 0 Å². The summed E-state index contributed by atoms with van der Waals surface area (Å²) < 4.78 is 10.8. The number of hydrogen-bond donors (Lipinski definition) is 3. The van der Waals surface area contributed by atoms with Crippen molar-refractivity contribution in [3.8, 4) is 11.5 Å².